The highest BCUT2D eigenvalue weighted by Crippen LogP contribution is 2.31. The summed E-state index contributed by atoms with van der Waals surface area (Å²) in [4.78, 5) is 17.7. The predicted molar refractivity (Wildman–Crippen MR) is 73.3 cm³/mol. The van der Waals surface area contributed by atoms with Crippen molar-refractivity contribution in [3.05, 3.63) is 51.6 Å². The van der Waals surface area contributed by atoms with Gasteiger partial charge in [0.25, 0.3) is 5.69 Å². The van der Waals surface area contributed by atoms with E-state index in [0.29, 0.717) is 10.7 Å². The standard InChI is InChI=1S/C12H13ClN4O2/c1-2-9(12-14-5-6-15-12)16-10-4-3-8(13)7-11(10)17(18)19/h3-7,9,16H,2H2,1H3,(H,14,15). The van der Waals surface area contributed by atoms with E-state index in [9.17, 15) is 10.1 Å². The molecule has 7 heteroatoms. The van der Waals surface area contributed by atoms with Crippen molar-refractivity contribution in [2.45, 2.75) is 19.4 Å². The first-order valence-electron chi connectivity index (χ1n) is 5.81. The maximum Gasteiger partial charge on any atom is 0.293 e. The maximum absolute atomic E-state index is 11.0. The zero-order chi connectivity index (χ0) is 13.8. The fourth-order valence-electron chi connectivity index (χ4n) is 1.80. The van der Waals surface area contributed by atoms with Crippen molar-refractivity contribution in [2.75, 3.05) is 5.32 Å². The van der Waals surface area contributed by atoms with Gasteiger partial charge in [0.1, 0.15) is 11.5 Å². The van der Waals surface area contributed by atoms with E-state index in [1.54, 1.807) is 24.5 Å². The van der Waals surface area contributed by atoms with Crippen molar-refractivity contribution in [3.8, 4) is 0 Å². The number of hydrogen-bond acceptors (Lipinski definition) is 4. The quantitative estimate of drug-likeness (QED) is 0.648. The Balaban J connectivity index is 2.29. The van der Waals surface area contributed by atoms with Gasteiger partial charge in [-0.1, -0.05) is 18.5 Å². The summed E-state index contributed by atoms with van der Waals surface area (Å²) in [6.07, 6.45) is 4.11. The SMILES string of the molecule is CCC(Nc1ccc(Cl)cc1[N+](=O)[O-])c1ncc[nH]1. The second-order valence-corrected chi connectivity index (χ2v) is 4.43. The lowest BCUT2D eigenvalue weighted by atomic mass is 10.2. The number of imidazole rings is 1. The molecule has 2 aromatic rings. The van der Waals surface area contributed by atoms with Crippen LogP contribution in [-0.2, 0) is 0 Å². The van der Waals surface area contributed by atoms with Crippen LogP contribution in [0.15, 0.2) is 30.6 Å². The zero-order valence-electron chi connectivity index (χ0n) is 10.3. The van der Waals surface area contributed by atoms with Gasteiger partial charge < -0.3 is 10.3 Å². The van der Waals surface area contributed by atoms with Crippen LogP contribution in [0.25, 0.3) is 0 Å². The molecule has 1 aromatic heterocycles. The van der Waals surface area contributed by atoms with Gasteiger partial charge in [-0.15, -0.1) is 0 Å². The Hall–Kier alpha value is -2.08. The minimum absolute atomic E-state index is 0.0440. The average molecular weight is 281 g/mol. The second kappa shape index (κ2) is 5.71. The molecule has 0 radical (unpaired) electrons. The highest BCUT2D eigenvalue weighted by molar-refractivity contribution is 6.30. The van der Waals surface area contributed by atoms with E-state index in [2.05, 4.69) is 15.3 Å². The van der Waals surface area contributed by atoms with Gasteiger partial charge in [0.2, 0.25) is 0 Å². The van der Waals surface area contributed by atoms with Gasteiger partial charge in [-0.25, -0.2) is 4.98 Å². The molecule has 0 fully saturated rings. The van der Waals surface area contributed by atoms with Crippen molar-refractivity contribution >= 4 is 23.0 Å². The first kappa shape index (κ1) is 13.4. The van der Waals surface area contributed by atoms with Gasteiger partial charge in [0, 0.05) is 23.5 Å². The molecule has 0 bridgehead atoms. The van der Waals surface area contributed by atoms with Crippen molar-refractivity contribution < 1.29 is 4.92 Å². The summed E-state index contributed by atoms with van der Waals surface area (Å²) in [7, 11) is 0. The first-order chi connectivity index (χ1) is 9.11. The van der Waals surface area contributed by atoms with Gasteiger partial charge in [-0.2, -0.15) is 0 Å². The van der Waals surface area contributed by atoms with Crippen LogP contribution in [0.5, 0.6) is 0 Å². The van der Waals surface area contributed by atoms with Crippen LogP contribution < -0.4 is 5.32 Å². The molecule has 100 valence electrons. The van der Waals surface area contributed by atoms with E-state index in [1.807, 2.05) is 6.92 Å². The molecule has 0 saturated carbocycles. The third kappa shape index (κ3) is 3.03. The molecule has 0 aliphatic carbocycles. The largest absolute Gasteiger partial charge is 0.370 e. The topological polar surface area (TPSA) is 83.8 Å². The van der Waals surface area contributed by atoms with Crippen LogP contribution in [0.1, 0.15) is 25.2 Å². The van der Waals surface area contributed by atoms with Gasteiger partial charge in [-0.05, 0) is 18.6 Å². The second-order valence-electron chi connectivity index (χ2n) is 4.00. The molecule has 1 aromatic carbocycles. The number of nitro groups is 1. The highest BCUT2D eigenvalue weighted by Gasteiger charge is 2.19. The molecular weight excluding hydrogens is 268 g/mol. The number of rotatable bonds is 5. The van der Waals surface area contributed by atoms with Gasteiger partial charge in [0.05, 0.1) is 11.0 Å². The number of halogens is 1. The molecule has 0 aliphatic heterocycles. The van der Waals surface area contributed by atoms with Crippen LogP contribution in [-0.4, -0.2) is 14.9 Å². The summed E-state index contributed by atoms with van der Waals surface area (Å²) >= 11 is 5.78. The van der Waals surface area contributed by atoms with Gasteiger partial charge in [-0.3, -0.25) is 10.1 Å². The van der Waals surface area contributed by atoms with Gasteiger partial charge in [0.15, 0.2) is 0 Å². The Kier molecular flexibility index (Phi) is 4.01. The number of nitrogens with one attached hydrogen (secondary N) is 2. The van der Waals surface area contributed by atoms with Crippen molar-refractivity contribution in [2.24, 2.45) is 0 Å². The van der Waals surface area contributed by atoms with Gasteiger partial charge >= 0.3 is 0 Å². The average Bonchev–Trinajstić information content (AvgIpc) is 2.90. The maximum atomic E-state index is 11.0. The molecule has 1 unspecified atom stereocenters. The number of H-pyrrole nitrogens is 1. The van der Waals surface area contributed by atoms with Crippen molar-refractivity contribution in [1.82, 2.24) is 9.97 Å². The first-order valence-corrected chi connectivity index (χ1v) is 6.19. The van der Waals surface area contributed by atoms with Crippen LogP contribution in [0, 0.1) is 10.1 Å². The smallest absolute Gasteiger partial charge is 0.293 e. The Morgan fingerprint density at radius 3 is 2.95 bits per heavy atom. The number of nitro benzene ring substituents is 1. The molecule has 0 spiro atoms. The number of hydrogen-bond donors (Lipinski definition) is 2. The summed E-state index contributed by atoms with van der Waals surface area (Å²) < 4.78 is 0. The Morgan fingerprint density at radius 2 is 2.37 bits per heavy atom. The van der Waals surface area contributed by atoms with Crippen LogP contribution >= 0.6 is 11.6 Å². The number of nitrogens with zero attached hydrogens (tertiary/aromatic N) is 2. The molecule has 19 heavy (non-hydrogen) atoms. The lowest BCUT2D eigenvalue weighted by Gasteiger charge is -2.16. The van der Waals surface area contributed by atoms with Crippen LogP contribution in [0.3, 0.4) is 0 Å². The third-order valence-electron chi connectivity index (χ3n) is 2.74. The predicted octanol–water partition coefficient (Wildman–Crippen LogP) is 3.53. The normalized spacial score (nSPS) is 12.1. The summed E-state index contributed by atoms with van der Waals surface area (Å²) in [5.74, 6) is 0.742. The molecular formula is C12H13ClN4O2. The number of aromatic amines is 1. The minimum atomic E-state index is -0.455. The summed E-state index contributed by atoms with van der Waals surface area (Å²) in [6, 6.07) is 4.44. The third-order valence-corrected chi connectivity index (χ3v) is 2.98. The van der Waals surface area contributed by atoms with Crippen LogP contribution in [0.2, 0.25) is 5.02 Å². The monoisotopic (exact) mass is 280 g/mol. The highest BCUT2D eigenvalue weighted by atomic mass is 35.5. The van der Waals surface area contributed by atoms with Crippen molar-refractivity contribution in [1.29, 1.82) is 0 Å². The molecule has 0 amide bonds. The van der Waals surface area contributed by atoms with Crippen LogP contribution in [0.4, 0.5) is 11.4 Å². The van der Waals surface area contributed by atoms with Crippen molar-refractivity contribution in [3.63, 3.8) is 0 Å². The molecule has 1 heterocycles. The number of aromatic nitrogens is 2. The Morgan fingerprint density at radius 1 is 1.58 bits per heavy atom. The molecule has 0 aliphatic rings. The van der Waals surface area contributed by atoms with E-state index < -0.39 is 4.92 Å². The zero-order valence-corrected chi connectivity index (χ0v) is 11.0. The Labute approximate surface area is 115 Å². The Bertz CT molecular complexity index is 571. The fourth-order valence-corrected chi connectivity index (χ4v) is 1.96. The lowest BCUT2D eigenvalue weighted by molar-refractivity contribution is -0.384. The fraction of sp³-hybridized carbons (Fsp3) is 0.250. The van der Waals surface area contributed by atoms with E-state index in [-0.39, 0.29) is 11.7 Å². The molecule has 1 atom stereocenters. The summed E-state index contributed by atoms with van der Waals surface area (Å²) in [6.45, 7) is 1.97. The summed E-state index contributed by atoms with van der Waals surface area (Å²) in [5.41, 5.74) is 0.384. The molecule has 2 rings (SSSR count). The van der Waals surface area contributed by atoms with E-state index in [4.69, 9.17) is 11.6 Å². The molecule has 0 saturated heterocycles. The summed E-state index contributed by atoms with van der Waals surface area (Å²) in [5, 5.41) is 14.5. The molecule has 2 N–H and O–H groups in total. The lowest BCUT2D eigenvalue weighted by Crippen LogP contribution is -2.12. The minimum Gasteiger partial charge on any atom is -0.370 e. The van der Waals surface area contributed by atoms with E-state index in [1.165, 1.54) is 6.07 Å². The van der Waals surface area contributed by atoms with E-state index in [0.717, 1.165) is 12.2 Å². The molecule has 6 nitrogen and oxygen atoms in total. The number of benzene rings is 1. The van der Waals surface area contributed by atoms with E-state index >= 15 is 0 Å². The number of anilines is 1.